The maximum Gasteiger partial charge on any atom is 0.315 e. The van der Waals surface area contributed by atoms with Crippen molar-refractivity contribution in [3.05, 3.63) is 53.9 Å². The summed E-state index contributed by atoms with van der Waals surface area (Å²) in [6, 6.07) is 8.78. The molecule has 150 valence electrons. The summed E-state index contributed by atoms with van der Waals surface area (Å²) in [5.74, 6) is -1.62. The van der Waals surface area contributed by atoms with Crippen molar-refractivity contribution >= 4 is 5.91 Å². The summed E-state index contributed by atoms with van der Waals surface area (Å²) < 4.78 is 37.7. The van der Waals surface area contributed by atoms with Crippen molar-refractivity contribution in [2.24, 2.45) is 5.73 Å². The van der Waals surface area contributed by atoms with Gasteiger partial charge in [0, 0.05) is 24.8 Å². The van der Waals surface area contributed by atoms with Crippen LogP contribution in [0.1, 0.15) is 17.4 Å². The Balaban J connectivity index is 1.71. The molecular formula is C19H21F3N4O2. The van der Waals surface area contributed by atoms with Gasteiger partial charge >= 0.3 is 6.43 Å². The highest BCUT2D eigenvalue weighted by atomic mass is 19.3. The second kappa shape index (κ2) is 8.26. The second-order valence-electron chi connectivity index (χ2n) is 6.83. The Hall–Kier alpha value is -2.49. The quantitative estimate of drug-likeness (QED) is 0.567. The van der Waals surface area contributed by atoms with E-state index in [2.05, 4.69) is 10.3 Å². The number of nitrogens with two attached hydrogens (primary N) is 1. The van der Waals surface area contributed by atoms with E-state index in [4.69, 9.17) is 5.73 Å². The highest BCUT2D eigenvalue weighted by Crippen LogP contribution is 2.26. The number of carbonyl (C=O) groups excluding carboxylic acids is 1. The molecule has 2 unspecified atom stereocenters. The van der Waals surface area contributed by atoms with Crippen LogP contribution in [-0.4, -0.2) is 48.2 Å². The number of nitrogens with one attached hydrogen (secondary N) is 2. The Morgan fingerprint density at radius 1 is 1.21 bits per heavy atom. The number of hydrogen-bond acceptors (Lipinski definition) is 5. The predicted molar refractivity (Wildman–Crippen MR) is 97.3 cm³/mol. The Kier molecular flexibility index (Phi) is 5.97. The summed E-state index contributed by atoms with van der Waals surface area (Å²) in [6.07, 6.45) is -3.03. The molecule has 0 radical (unpaired) electrons. The second-order valence-corrected chi connectivity index (χ2v) is 6.83. The summed E-state index contributed by atoms with van der Waals surface area (Å²) in [5, 5.41) is 15.1. The molecule has 1 aromatic carbocycles. The average molecular weight is 394 g/mol. The zero-order valence-corrected chi connectivity index (χ0v) is 14.9. The molecule has 0 spiro atoms. The fourth-order valence-corrected chi connectivity index (χ4v) is 2.99. The molecule has 0 bridgehead atoms. The summed E-state index contributed by atoms with van der Waals surface area (Å²) >= 11 is 0. The number of benzene rings is 1. The smallest absolute Gasteiger partial charge is 0.315 e. The summed E-state index contributed by atoms with van der Waals surface area (Å²) in [6.45, 7) is 0.163. The van der Waals surface area contributed by atoms with E-state index in [0.717, 1.165) is 16.8 Å². The van der Waals surface area contributed by atoms with Crippen LogP contribution in [0.3, 0.4) is 0 Å². The monoisotopic (exact) mass is 394 g/mol. The Morgan fingerprint density at radius 2 is 1.86 bits per heavy atom. The molecule has 1 aliphatic heterocycles. The van der Waals surface area contributed by atoms with Crippen molar-refractivity contribution in [3.8, 4) is 11.1 Å². The molecule has 3 rings (SSSR count). The Morgan fingerprint density at radius 3 is 2.32 bits per heavy atom. The first-order valence-corrected chi connectivity index (χ1v) is 8.73. The third kappa shape index (κ3) is 4.16. The maximum atomic E-state index is 13.1. The van der Waals surface area contributed by atoms with Gasteiger partial charge in [-0.15, -0.1) is 0 Å². The SMILES string of the molecule is NC1(c2ccc(-c3ccc(C(O)C(CF)NC(=O)C(F)F)cc3)cn2)CNC1. The lowest BCUT2D eigenvalue weighted by Crippen LogP contribution is -2.63. The minimum Gasteiger partial charge on any atom is -0.386 e. The van der Waals surface area contributed by atoms with Gasteiger partial charge < -0.3 is 21.5 Å². The van der Waals surface area contributed by atoms with Crippen LogP contribution in [-0.2, 0) is 10.3 Å². The lowest BCUT2D eigenvalue weighted by molar-refractivity contribution is -0.133. The van der Waals surface area contributed by atoms with Gasteiger partial charge in [0.25, 0.3) is 5.91 Å². The first-order chi connectivity index (χ1) is 13.3. The van der Waals surface area contributed by atoms with Crippen LogP contribution in [0, 0.1) is 0 Å². The number of nitrogens with zero attached hydrogens (tertiary/aromatic N) is 1. The highest BCUT2D eigenvalue weighted by Gasteiger charge is 2.35. The van der Waals surface area contributed by atoms with Crippen molar-refractivity contribution in [2.75, 3.05) is 19.8 Å². The number of alkyl halides is 3. The fraction of sp³-hybridized carbons (Fsp3) is 0.368. The van der Waals surface area contributed by atoms with E-state index in [1.54, 1.807) is 35.8 Å². The van der Waals surface area contributed by atoms with Crippen molar-refractivity contribution < 1.29 is 23.1 Å². The van der Waals surface area contributed by atoms with E-state index in [1.165, 1.54) is 0 Å². The highest BCUT2D eigenvalue weighted by molar-refractivity contribution is 5.79. The molecule has 5 N–H and O–H groups in total. The molecule has 6 nitrogen and oxygen atoms in total. The van der Waals surface area contributed by atoms with Gasteiger partial charge in [0.05, 0.1) is 17.3 Å². The third-order valence-electron chi connectivity index (χ3n) is 4.81. The lowest BCUT2D eigenvalue weighted by atomic mass is 9.89. The van der Waals surface area contributed by atoms with E-state index in [-0.39, 0.29) is 0 Å². The number of aliphatic hydroxyl groups is 1. The molecule has 0 saturated carbocycles. The molecule has 2 heterocycles. The third-order valence-corrected chi connectivity index (χ3v) is 4.81. The largest absolute Gasteiger partial charge is 0.386 e. The number of carbonyl (C=O) groups is 1. The van der Waals surface area contributed by atoms with Gasteiger partial charge in [-0.1, -0.05) is 30.3 Å². The molecule has 0 aliphatic carbocycles. The first-order valence-electron chi connectivity index (χ1n) is 8.73. The van der Waals surface area contributed by atoms with E-state index in [0.29, 0.717) is 18.7 Å². The Bertz CT molecular complexity index is 811. The van der Waals surface area contributed by atoms with Crippen LogP contribution in [0.15, 0.2) is 42.6 Å². The van der Waals surface area contributed by atoms with Crippen LogP contribution in [0.25, 0.3) is 11.1 Å². The number of amides is 1. The minimum absolute atomic E-state index is 0.298. The zero-order valence-electron chi connectivity index (χ0n) is 14.9. The fourth-order valence-electron chi connectivity index (χ4n) is 2.99. The minimum atomic E-state index is -3.28. The van der Waals surface area contributed by atoms with E-state index >= 15 is 0 Å². The van der Waals surface area contributed by atoms with E-state index < -0.39 is 36.7 Å². The molecule has 1 amide bonds. The van der Waals surface area contributed by atoms with E-state index in [1.807, 2.05) is 12.1 Å². The van der Waals surface area contributed by atoms with Crippen molar-refractivity contribution in [1.82, 2.24) is 15.6 Å². The van der Waals surface area contributed by atoms with Gasteiger partial charge in [-0.25, -0.2) is 4.39 Å². The van der Waals surface area contributed by atoms with E-state index in [9.17, 15) is 23.1 Å². The van der Waals surface area contributed by atoms with Crippen LogP contribution >= 0.6 is 0 Å². The van der Waals surface area contributed by atoms with Gasteiger partial charge in [-0.2, -0.15) is 8.78 Å². The predicted octanol–water partition coefficient (Wildman–Crippen LogP) is 1.26. The Labute approximate surface area is 160 Å². The molecular weight excluding hydrogens is 373 g/mol. The number of hydrogen-bond donors (Lipinski definition) is 4. The van der Waals surface area contributed by atoms with Crippen LogP contribution in [0.5, 0.6) is 0 Å². The van der Waals surface area contributed by atoms with Gasteiger partial charge in [0.2, 0.25) is 0 Å². The molecule has 2 aromatic rings. The first kappa shape index (κ1) is 20.2. The van der Waals surface area contributed by atoms with Gasteiger partial charge in [-0.3, -0.25) is 9.78 Å². The topological polar surface area (TPSA) is 100 Å². The van der Waals surface area contributed by atoms with Gasteiger partial charge in [0.15, 0.2) is 0 Å². The average Bonchev–Trinajstić information content (AvgIpc) is 2.69. The molecule has 9 heteroatoms. The summed E-state index contributed by atoms with van der Waals surface area (Å²) in [5.41, 5.74) is 8.48. The molecule has 28 heavy (non-hydrogen) atoms. The summed E-state index contributed by atoms with van der Waals surface area (Å²) in [7, 11) is 0. The van der Waals surface area contributed by atoms with Crippen molar-refractivity contribution in [3.63, 3.8) is 0 Å². The van der Waals surface area contributed by atoms with Crippen LogP contribution in [0.4, 0.5) is 13.2 Å². The number of halogens is 3. The van der Waals surface area contributed by atoms with Crippen LogP contribution in [0.2, 0.25) is 0 Å². The molecule has 1 fully saturated rings. The van der Waals surface area contributed by atoms with Gasteiger partial charge in [0.1, 0.15) is 12.8 Å². The molecule has 1 aromatic heterocycles. The number of aliphatic hydroxyl groups excluding tert-OH is 1. The van der Waals surface area contributed by atoms with Crippen LogP contribution < -0.4 is 16.4 Å². The number of rotatable bonds is 7. The number of aromatic nitrogens is 1. The standard InChI is InChI=1S/C19H21F3N4O2/c20-7-14(26-18(28)17(21)22)16(27)12-3-1-11(2-4-12)13-5-6-15(25-8-13)19(23)9-24-10-19/h1-6,8,14,16-17,24,27H,7,9-10,23H2,(H,26,28). The molecule has 2 atom stereocenters. The maximum absolute atomic E-state index is 13.1. The van der Waals surface area contributed by atoms with Gasteiger partial charge in [-0.05, 0) is 17.2 Å². The van der Waals surface area contributed by atoms with Crippen molar-refractivity contribution in [2.45, 2.75) is 24.1 Å². The number of pyridine rings is 1. The zero-order chi connectivity index (χ0) is 20.3. The lowest BCUT2D eigenvalue weighted by Gasteiger charge is -2.38. The molecule has 1 saturated heterocycles. The molecule has 1 aliphatic rings. The summed E-state index contributed by atoms with van der Waals surface area (Å²) in [4.78, 5) is 15.5. The van der Waals surface area contributed by atoms with Crippen molar-refractivity contribution in [1.29, 1.82) is 0 Å². The normalized spacial score (nSPS) is 17.6.